The third-order valence-electron chi connectivity index (χ3n) is 2.28. The summed E-state index contributed by atoms with van der Waals surface area (Å²) in [6.45, 7) is 5.54. The summed E-state index contributed by atoms with van der Waals surface area (Å²) in [4.78, 5) is 0. The molecular weight excluding hydrogens is 148 g/mol. The van der Waals surface area contributed by atoms with Gasteiger partial charge in [0.1, 0.15) is 0 Å². The molecule has 2 rings (SSSR count). The molecule has 0 unspecified atom stereocenters. The van der Waals surface area contributed by atoms with Gasteiger partial charge in [0.2, 0.25) is 0 Å². The molecule has 1 heterocycles. The Kier molecular flexibility index (Phi) is 1.91. The van der Waals surface area contributed by atoms with E-state index in [-0.39, 0.29) is 0 Å². The third kappa shape index (κ3) is 1.52. The quantitative estimate of drug-likeness (QED) is 0.670. The van der Waals surface area contributed by atoms with Crippen molar-refractivity contribution < 1.29 is 0 Å². The number of hydrogen-bond acceptors (Lipinski definition) is 1. The minimum Gasteiger partial charge on any atom is -0.269 e. The van der Waals surface area contributed by atoms with Gasteiger partial charge in [0.25, 0.3) is 0 Å². The number of hydrogen-bond donors (Lipinski definition) is 0. The van der Waals surface area contributed by atoms with Gasteiger partial charge < -0.3 is 0 Å². The van der Waals surface area contributed by atoms with E-state index >= 15 is 0 Å². The van der Waals surface area contributed by atoms with Gasteiger partial charge in [0.15, 0.2) is 0 Å². The van der Waals surface area contributed by atoms with Crippen molar-refractivity contribution in [1.29, 1.82) is 0 Å². The van der Waals surface area contributed by atoms with E-state index in [2.05, 4.69) is 29.7 Å². The zero-order chi connectivity index (χ0) is 8.55. The zero-order valence-electron chi connectivity index (χ0n) is 7.83. The van der Waals surface area contributed by atoms with Crippen LogP contribution in [0.3, 0.4) is 0 Å². The summed E-state index contributed by atoms with van der Waals surface area (Å²) in [5.41, 5.74) is 1.45. The first kappa shape index (κ1) is 7.84. The Morgan fingerprint density at radius 2 is 2.33 bits per heavy atom. The average Bonchev–Trinajstić information content (AvgIpc) is 2.73. The molecule has 66 valence electrons. The standard InChI is InChI=1S/C10H16N2/c1-8(2)7-12-10(5-6-11-12)9-3-4-9/h5-6,8-9H,3-4,7H2,1-2H3. The average molecular weight is 164 g/mol. The third-order valence-corrected chi connectivity index (χ3v) is 2.28. The molecule has 12 heavy (non-hydrogen) atoms. The second-order valence-corrected chi connectivity index (χ2v) is 4.11. The van der Waals surface area contributed by atoms with Crippen molar-refractivity contribution in [3.8, 4) is 0 Å². The maximum absolute atomic E-state index is 4.33. The molecule has 2 nitrogen and oxygen atoms in total. The van der Waals surface area contributed by atoms with E-state index in [4.69, 9.17) is 0 Å². The Labute approximate surface area is 73.6 Å². The normalized spacial score (nSPS) is 17.2. The van der Waals surface area contributed by atoms with E-state index in [1.165, 1.54) is 18.5 Å². The van der Waals surface area contributed by atoms with Gasteiger partial charge in [-0.05, 0) is 24.8 Å². The molecule has 0 saturated heterocycles. The lowest BCUT2D eigenvalue weighted by molar-refractivity contribution is 0.469. The van der Waals surface area contributed by atoms with Gasteiger partial charge >= 0.3 is 0 Å². The molecular formula is C10H16N2. The minimum atomic E-state index is 0.697. The molecule has 1 aromatic heterocycles. The first-order valence-corrected chi connectivity index (χ1v) is 4.79. The van der Waals surface area contributed by atoms with Gasteiger partial charge in [-0.25, -0.2) is 0 Å². The second kappa shape index (κ2) is 2.92. The summed E-state index contributed by atoms with van der Waals surface area (Å²) in [6.07, 6.45) is 4.66. The Morgan fingerprint density at radius 1 is 1.58 bits per heavy atom. The highest BCUT2D eigenvalue weighted by atomic mass is 15.3. The zero-order valence-corrected chi connectivity index (χ0v) is 7.83. The maximum atomic E-state index is 4.33. The van der Waals surface area contributed by atoms with Gasteiger partial charge in [-0.2, -0.15) is 5.10 Å². The van der Waals surface area contributed by atoms with Crippen LogP contribution in [-0.4, -0.2) is 9.78 Å². The second-order valence-electron chi connectivity index (χ2n) is 4.11. The minimum absolute atomic E-state index is 0.697. The summed E-state index contributed by atoms with van der Waals surface area (Å²) >= 11 is 0. The van der Waals surface area contributed by atoms with Gasteiger partial charge in [-0.15, -0.1) is 0 Å². The molecule has 0 amide bonds. The van der Waals surface area contributed by atoms with Crippen molar-refractivity contribution >= 4 is 0 Å². The van der Waals surface area contributed by atoms with E-state index < -0.39 is 0 Å². The lowest BCUT2D eigenvalue weighted by Gasteiger charge is -2.08. The van der Waals surface area contributed by atoms with Gasteiger partial charge in [-0.1, -0.05) is 13.8 Å². The molecule has 1 aromatic rings. The summed E-state index contributed by atoms with van der Waals surface area (Å²) in [7, 11) is 0. The van der Waals surface area contributed by atoms with Crippen molar-refractivity contribution in [3.63, 3.8) is 0 Å². The Balaban J connectivity index is 2.13. The number of rotatable bonds is 3. The van der Waals surface area contributed by atoms with Crippen molar-refractivity contribution in [1.82, 2.24) is 9.78 Å². The Morgan fingerprint density at radius 3 is 2.92 bits per heavy atom. The van der Waals surface area contributed by atoms with Crippen LogP contribution < -0.4 is 0 Å². The molecule has 0 atom stereocenters. The molecule has 1 fully saturated rings. The lowest BCUT2D eigenvalue weighted by atomic mass is 10.2. The van der Waals surface area contributed by atoms with E-state index in [0.29, 0.717) is 5.92 Å². The lowest BCUT2D eigenvalue weighted by Crippen LogP contribution is -2.08. The van der Waals surface area contributed by atoms with Crippen LogP contribution in [0.25, 0.3) is 0 Å². The Bertz CT molecular complexity index is 259. The van der Waals surface area contributed by atoms with Crippen LogP contribution in [-0.2, 0) is 6.54 Å². The van der Waals surface area contributed by atoms with Crippen LogP contribution in [0.2, 0.25) is 0 Å². The first-order valence-electron chi connectivity index (χ1n) is 4.79. The number of nitrogens with zero attached hydrogens (tertiary/aromatic N) is 2. The fraction of sp³-hybridized carbons (Fsp3) is 0.700. The maximum Gasteiger partial charge on any atom is 0.0492 e. The predicted octanol–water partition coefficient (Wildman–Crippen LogP) is 2.42. The summed E-state index contributed by atoms with van der Waals surface area (Å²) in [5, 5.41) is 4.33. The van der Waals surface area contributed by atoms with Gasteiger partial charge in [-0.3, -0.25) is 4.68 Å². The summed E-state index contributed by atoms with van der Waals surface area (Å²) < 4.78 is 2.17. The van der Waals surface area contributed by atoms with Gasteiger partial charge in [0.05, 0.1) is 0 Å². The predicted molar refractivity (Wildman–Crippen MR) is 49.0 cm³/mol. The molecule has 0 N–H and O–H groups in total. The SMILES string of the molecule is CC(C)Cn1nccc1C1CC1. The largest absolute Gasteiger partial charge is 0.269 e. The highest BCUT2D eigenvalue weighted by Gasteiger charge is 2.26. The van der Waals surface area contributed by atoms with Crippen LogP contribution in [0, 0.1) is 5.92 Å². The molecule has 2 heteroatoms. The molecule has 1 saturated carbocycles. The molecule has 0 aromatic carbocycles. The molecule has 0 radical (unpaired) electrons. The fourth-order valence-electron chi connectivity index (χ4n) is 1.57. The topological polar surface area (TPSA) is 17.8 Å². The highest BCUT2D eigenvalue weighted by Crippen LogP contribution is 2.39. The smallest absolute Gasteiger partial charge is 0.0492 e. The van der Waals surface area contributed by atoms with E-state index in [1.807, 2.05) is 6.20 Å². The fourth-order valence-corrected chi connectivity index (χ4v) is 1.57. The molecule has 1 aliphatic rings. The Hall–Kier alpha value is -0.790. The highest BCUT2D eigenvalue weighted by molar-refractivity contribution is 5.13. The molecule has 0 spiro atoms. The van der Waals surface area contributed by atoms with Gasteiger partial charge in [0, 0.05) is 24.4 Å². The van der Waals surface area contributed by atoms with Crippen LogP contribution in [0.4, 0.5) is 0 Å². The van der Waals surface area contributed by atoms with Crippen LogP contribution >= 0.6 is 0 Å². The molecule has 1 aliphatic carbocycles. The van der Waals surface area contributed by atoms with E-state index in [1.54, 1.807) is 0 Å². The van der Waals surface area contributed by atoms with Crippen LogP contribution in [0.15, 0.2) is 12.3 Å². The van der Waals surface area contributed by atoms with E-state index in [9.17, 15) is 0 Å². The first-order chi connectivity index (χ1) is 5.77. The molecule has 0 bridgehead atoms. The summed E-state index contributed by atoms with van der Waals surface area (Å²) in [5.74, 6) is 1.52. The van der Waals surface area contributed by atoms with Crippen molar-refractivity contribution in [3.05, 3.63) is 18.0 Å². The van der Waals surface area contributed by atoms with E-state index in [0.717, 1.165) is 12.5 Å². The van der Waals surface area contributed by atoms with Crippen molar-refractivity contribution in [2.24, 2.45) is 5.92 Å². The molecule has 0 aliphatic heterocycles. The van der Waals surface area contributed by atoms with Crippen molar-refractivity contribution in [2.75, 3.05) is 0 Å². The van der Waals surface area contributed by atoms with Crippen LogP contribution in [0.5, 0.6) is 0 Å². The van der Waals surface area contributed by atoms with Crippen molar-refractivity contribution in [2.45, 2.75) is 39.2 Å². The number of aromatic nitrogens is 2. The van der Waals surface area contributed by atoms with Crippen LogP contribution in [0.1, 0.15) is 38.3 Å². The summed E-state index contributed by atoms with van der Waals surface area (Å²) in [6, 6.07) is 2.17. The monoisotopic (exact) mass is 164 g/mol.